The van der Waals surface area contributed by atoms with Gasteiger partial charge in [-0.1, -0.05) is 28.9 Å². The second-order valence-corrected chi connectivity index (χ2v) is 3.64. The second kappa shape index (κ2) is 3.94. The van der Waals surface area contributed by atoms with E-state index in [1.165, 1.54) is 6.92 Å². The first-order valence-corrected chi connectivity index (χ1v) is 4.84. The largest absolute Gasteiger partial charge is 0.354 e. The van der Waals surface area contributed by atoms with E-state index < -0.39 is 4.92 Å². The maximum Gasteiger partial charge on any atom is 0.339 e. The molecule has 2 aromatic rings. The molecule has 0 amide bonds. The number of rotatable bonds is 2. The standard InChI is InChI=1S/C10H7ClN2O3/c1-6-10(13(14)15)9(12-16-6)7-3-2-4-8(11)5-7/h2-5H,1H3. The number of aromatic nitrogens is 1. The Bertz CT molecular complexity index is 551. The van der Waals surface area contributed by atoms with Crippen molar-refractivity contribution in [1.29, 1.82) is 0 Å². The Balaban J connectivity index is 2.60. The van der Waals surface area contributed by atoms with E-state index in [0.717, 1.165) is 0 Å². The molecule has 0 radical (unpaired) electrons. The topological polar surface area (TPSA) is 69.2 Å². The smallest absolute Gasteiger partial charge is 0.339 e. The van der Waals surface area contributed by atoms with Crippen LogP contribution in [0.15, 0.2) is 28.8 Å². The Kier molecular flexibility index (Phi) is 2.62. The van der Waals surface area contributed by atoms with Gasteiger partial charge in [0.1, 0.15) is 0 Å². The molecule has 0 aliphatic rings. The lowest BCUT2D eigenvalue weighted by Gasteiger charge is -1.96. The fourth-order valence-corrected chi connectivity index (χ4v) is 1.60. The summed E-state index contributed by atoms with van der Waals surface area (Å²) in [6.07, 6.45) is 0. The lowest BCUT2D eigenvalue weighted by atomic mass is 10.1. The molecule has 0 saturated heterocycles. The van der Waals surface area contributed by atoms with E-state index in [0.29, 0.717) is 10.6 Å². The first-order valence-electron chi connectivity index (χ1n) is 4.46. The molecule has 82 valence electrons. The third-order valence-electron chi connectivity index (χ3n) is 2.11. The molecule has 2 rings (SSSR count). The van der Waals surface area contributed by atoms with Crippen LogP contribution in [0.5, 0.6) is 0 Å². The third kappa shape index (κ3) is 1.77. The summed E-state index contributed by atoms with van der Waals surface area (Å²) in [5.74, 6) is 0.181. The third-order valence-corrected chi connectivity index (χ3v) is 2.35. The van der Waals surface area contributed by atoms with Gasteiger partial charge in [0.25, 0.3) is 0 Å². The van der Waals surface area contributed by atoms with Gasteiger partial charge in [-0.15, -0.1) is 0 Å². The molecular formula is C10H7ClN2O3. The molecule has 0 unspecified atom stereocenters. The van der Waals surface area contributed by atoms with Crippen molar-refractivity contribution in [1.82, 2.24) is 5.16 Å². The van der Waals surface area contributed by atoms with E-state index in [1.807, 2.05) is 0 Å². The van der Waals surface area contributed by atoms with Gasteiger partial charge in [-0.3, -0.25) is 10.1 Å². The number of nitro groups is 1. The lowest BCUT2D eigenvalue weighted by Crippen LogP contribution is -1.91. The van der Waals surface area contributed by atoms with Gasteiger partial charge in [-0.25, -0.2) is 0 Å². The zero-order chi connectivity index (χ0) is 11.7. The molecule has 0 aliphatic heterocycles. The molecule has 5 nitrogen and oxygen atoms in total. The van der Waals surface area contributed by atoms with Crippen LogP contribution in [0, 0.1) is 17.0 Å². The average Bonchev–Trinajstić information content (AvgIpc) is 2.60. The van der Waals surface area contributed by atoms with Crippen LogP contribution in [0.3, 0.4) is 0 Å². The van der Waals surface area contributed by atoms with Gasteiger partial charge in [0.2, 0.25) is 5.76 Å². The van der Waals surface area contributed by atoms with Crippen LogP contribution in [0.4, 0.5) is 5.69 Å². The second-order valence-electron chi connectivity index (χ2n) is 3.20. The van der Waals surface area contributed by atoms with Crippen molar-refractivity contribution >= 4 is 17.3 Å². The number of aryl methyl sites for hydroxylation is 1. The Morgan fingerprint density at radius 2 is 2.25 bits per heavy atom. The summed E-state index contributed by atoms with van der Waals surface area (Å²) in [6.45, 7) is 1.50. The van der Waals surface area contributed by atoms with Crippen LogP contribution in [0.1, 0.15) is 5.76 Å². The molecule has 0 fully saturated rings. The highest BCUT2D eigenvalue weighted by Gasteiger charge is 2.25. The maximum atomic E-state index is 10.8. The maximum absolute atomic E-state index is 10.8. The number of nitrogens with zero attached hydrogens (tertiary/aromatic N) is 2. The highest BCUT2D eigenvalue weighted by atomic mass is 35.5. The lowest BCUT2D eigenvalue weighted by molar-refractivity contribution is -0.385. The van der Waals surface area contributed by atoms with Crippen molar-refractivity contribution in [2.75, 3.05) is 0 Å². The molecule has 0 N–H and O–H groups in total. The summed E-state index contributed by atoms with van der Waals surface area (Å²) in [6, 6.07) is 6.68. The predicted octanol–water partition coefficient (Wildman–Crippen LogP) is 3.21. The quantitative estimate of drug-likeness (QED) is 0.595. The van der Waals surface area contributed by atoms with Gasteiger partial charge in [-0.2, -0.15) is 0 Å². The molecule has 16 heavy (non-hydrogen) atoms. The first-order chi connectivity index (χ1) is 7.59. The molecule has 0 atom stereocenters. The number of benzene rings is 1. The molecule has 0 bridgehead atoms. The first kappa shape index (κ1) is 10.6. The van der Waals surface area contributed by atoms with Crippen LogP contribution in [-0.2, 0) is 0 Å². The molecule has 6 heteroatoms. The molecule has 1 aromatic heterocycles. The summed E-state index contributed by atoms with van der Waals surface area (Å²) < 4.78 is 4.82. The molecule has 1 aromatic carbocycles. The zero-order valence-corrected chi connectivity index (χ0v) is 9.06. The van der Waals surface area contributed by atoms with E-state index in [2.05, 4.69) is 5.16 Å². The SMILES string of the molecule is Cc1onc(-c2cccc(Cl)c2)c1[N+](=O)[O-]. The summed E-state index contributed by atoms with van der Waals surface area (Å²) in [5, 5.41) is 15.0. The van der Waals surface area contributed by atoms with Gasteiger partial charge in [0.05, 0.1) is 4.92 Å². The van der Waals surface area contributed by atoms with Crippen molar-refractivity contribution in [2.24, 2.45) is 0 Å². The minimum Gasteiger partial charge on any atom is -0.354 e. The summed E-state index contributed by atoms with van der Waals surface area (Å²) in [4.78, 5) is 10.3. The Labute approximate surface area is 95.8 Å². The van der Waals surface area contributed by atoms with Crippen LogP contribution >= 0.6 is 11.6 Å². The fourth-order valence-electron chi connectivity index (χ4n) is 1.41. The number of hydrogen-bond acceptors (Lipinski definition) is 4. The minimum atomic E-state index is -0.512. The van der Waals surface area contributed by atoms with Gasteiger partial charge in [0.15, 0.2) is 5.69 Å². The van der Waals surface area contributed by atoms with E-state index >= 15 is 0 Å². The molecular weight excluding hydrogens is 232 g/mol. The van der Waals surface area contributed by atoms with Crippen molar-refractivity contribution in [2.45, 2.75) is 6.92 Å². The molecule has 1 heterocycles. The summed E-state index contributed by atoms with van der Waals surface area (Å²) >= 11 is 5.81. The minimum absolute atomic E-state index is 0.123. The highest BCUT2D eigenvalue weighted by molar-refractivity contribution is 6.30. The summed E-state index contributed by atoms with van der Waals surface area (Å²) in [5.41, 5.74) is 0.642. The van der Waals surface area contributed by atoms with Gasteiger partial charge in [-0.05, 0) is 12.1 Å². The molecule has 0 spiro atoms. The average molecular weight is 239 g/mol. The predicted molar refractivity (Wildman–Crippen MR) is 58.3 cm³/mol. The van der Waals surface area contributed by atoms with Crippen LogP contribution in [-0.4, -0.2) is 10.1 Å². The van der Waals surface area contributed by atoms with Gasteiger partial charge < -0.3 is 4.52 Å². The van der Waals surface area contributed by atoms with Crippen LogP contribution in [0.2, 0.25) is 5.02 Å². The zero-order valence-electron chi connectivity index (χ0n) is 8.31. The Morgan fingerprint density at radius 1 is 1.50 bits per heavy atom. The monoisotopic (exact) mass is 238 g/mol. The fraction of sp³-hybridized carbons (Fsp3) is 0.100. The highest BCUT2D eigenvalue weighted by Crippen LogP contribution is 2.32. The van der Waals surface area contributed by atoms with Crippen molar-refractivity contribution in [3.05, 3.63) is 45.2 Å². The van der Waals surface area contributed by atoms with E-state index in [9.17, 15) is 10.1 Å². The number of hydrogen-bond donors (Lipinski definition) is 0. The van der Waals surface area contributed by atoms with Crippen LogP contribution < -0.4 is 0 Å². The van der Waals surface area contributed by atoms with Crippen molar-refractivity contribution < 1.29 is 9.45 Å². The summed E-state index contributed by atoms with van der Waals surface area (Å²) in [7, 11) is 0. The van der Waals surface area contributed by atoms with Gasteiger partial charge in [0, 0.05) is 17.5 Å². The van der Waals surface area contributed by atoms with E-state index in [1.54, 1.807) is 24.3 Å². The van der Waals surface area contributed by atoms with E-state index in [-0.39, 0.29) is 17.1 Å². The van der Waals surface area contributed by atoms with Crippen molar-refractivity contribution in [3.8, 4) is 11.3 Å². The van der Waals surface area contributed by atoms with Crippen LogP contribution in [0.25, 0.3) is 11.3 Å². The van der Waals surface area contributed by atoms with Gasteiger partial charge >= 0.3 is 5.69 Å². The molecule has 0 saturated carbocycles. The number of halogens is 1. The normalized spacial score (nSPS) is 10.4. The molecule has 0 aliphatic carbocycles. The Hall–Kier alpha value is -1.88. The van der Waals surface area contributed by atoms with Crippen molar-refractivity contribution in [3.63, 3.8) is 0 Å². The Morgan fingerprint density at radius 3 is 2.88 bits per heavy atom. The van der Waals surface area contributed by atoms with E-state index in [4.69, 9.17) is 16.1 Å².